The van der Waals surface area contributed by atoms with Crippen molar-refractivity contribution in [3.05, 3.63) is 83.7 Å². The SMILES string of the molecule is O=C(c1cccc2ccccc12)N(Cc1cccc(F)c1)C1CC1. The largest absolute Gasteiger partial charge is 0.331 e. The highest BCUT2D eigenvalue weighted by atomic mass is 19.1. The van der Waals surface area contributed by atoms with Gasteiger partial charge in [-0.15, -0.1) is 0 Å². The maximum Gasteiger partial charge on any atom is 0.255 e. The maximum atomic E-state index is 13.5. The van der Waals surface area contributed by atoms with Gasteiger partial charge in [0.2, 0.25) is 0 Å². The number of halogens is 1. The van der Waals surface area contributed by atoms with Gasteiger partial charge in [-0.2, -0.15) is 0 Å². The number of fused-ring (bicyclic) bond motifs is 1. The monoisotopic (exact) mass is 319 g/mol. The fourth-order valence-corrected chi connectivity index (χ4v) is 3.15. The van der Waals surface area contributed by atoms with Crippen LogP contribution in [0.4, 0.5) is 4.39 Å². The first-order chi connectivity index (χ1) is 11.7. The van der Waals surface area contributed by atoms with Crippen molar-refractivity contribution >= 4 is 16.7 Å². The highest BCUT2D eigenvalue weighted by molar-refractivity contribution is 6.07. The molecule has 24 heavy (non-hydrogen) atoms. The third-order valence-electron chi connectivity index (χ3n) is 4.51. The number of rotatable bonds is 4. The Balaban J connectivity index is 1.69. The van der Waals surface area contributed by atoms with E-state index >= 15 is 0 Å². The van der Waals surface area contributed by atoms with Gasteiger partial charge >= 0.3 is 0 Å². The van der Waals surface area contributed by atoms with Crippen molar-refractivity contribution in [1.82, 2.24) is 4.90 Å². The third kappa shape index (κ3) is 2.90. The van der Waals surface area contributed by atoms with E-state index in [1.807, 2.05) is 53.4 Å². The molecule has 3 aromatic rings. The van der Waals surface area contributed by atoms with Crippen LogP contribution in [0.3, 0.4) is 0 Å². The Bertz CT molecular complexity index is 896. The highest BCUT2D eigenvalue weighted by Crippen LogP contribution is 2.31. The van der Waals surface area contributed by atoms with Crippen LogP contribution in [0, 0.1) is 5.82 Å². The Hall–Kier alpha value is -2.68. The van der Waals surface area contributed by atoms with E-state index in [2.05, 4.69) is 0 Å². The molecule has 3 aromatic carbocycles. The summed E-state index contributed by atoms with van der Waals surface area (Å²) in [6, 6.07) is 20.5. The Labute approximate surface area is 140 Å². The van der Waals surface area contributed by atoms with Crippen LogP contribution in [-0.2, 0) is 6.54 Å². The number of hydrogen-bond acceptors (Lipinski definition) is 1. The van der Waals surface area contributed by atoms with Gasteiger partial charge in [-0.1, -0.05) is 48.5 Å². The first kappa shape index (κ1) is 14.9. The van der Waals surface area contributed by atoms with E-state index < -0.39 is 0 Å². The molecule has 0 heterocycles. The molecule has 0 spiro atoms. The highest BCUT2D eigenvalue weighted by Gasteiger charge is 2.33. The molecule has 4 rings (SSSR count). The van der Waals surface area contributed by atoms with Crippen LogP contribution in [-0.4, -0.2) is 16.8 Å². The molecule has 120 valence electrons. The minimum absolute atomic E-state index is 0.0264. The lowest BCUT2D eigenvalue weighted by Gasteiger charge is -2.23. The third-order valence-corrected chi connectivity index (χ3v) is 4.51. The van der Waals surface area contributed by atoms with E-state index in [1.165, 1.54) is 12.1 Å². The van der Waals surface area contributed by atoms with Gasteiger partial charge < -0.3 is 4.90 Å². The Morgan fingerprint density at radius 1 is 1.00 bits per heavy atom. The molecule has 0 saturated heterocycles. The van der Waals surface area contributed by atoms with Crippen molar-refractivity contribution in [2.45, 2.75) is 25.4 Å². The van der Waals surface area contributed by atoms with Gasteiger partial charge in [-0.05, 0) is 47.4 Å². The lowest BCUT2D eigenvalue weighted by molar-refractivity contribution is 0.0731. The number of carbonyl (C=O) groups excluding carboxylic acids is 1. The second-order valence-electron chi connectivity index (χ2n) is 6.32. The van der Waals surface area contributed by atoms with Crippen molar-refractivity contribution in [2.24, 2.45) is 0 Å². The summed E-state index contributed by atoms with van der Waals surface area (Å²) in [5, 5.41) is 2.03. The minimum atomic E-state index is -0.263. The average molecular weight is 319 g/mol. The molecule has 0 aromatic heterocycles. The number of amides is 1. The van der Waals surface area contributed by atoms with Gasteiger partial charge in [0, 0.05) is 18.2 Å². The summed E-state index contributed by atoms with van der Waals surface area (Å²) in [7, 11) is 0. The summed E-state index contributed by atoms with van der Waals surface area (Å²) >= 11 is 0. The van der Waals surface area contributed by atoms with Crippen LogP contribution in [0.5, 0.6) is 0 Å². The minimum Gasteiger partial charge on any atom is -0.331 e. The zero-order chi connectivity index (χ0) is 16.5. The summed E-state index contributed by atoms with van der Waals surface area (Å²) in [6.07, 6.45) is 2.04. The second-order valence-corrected chi connectivity index (χ2v) is 6.32. The average Bonchev–Trinajstić information content (AvgIpc) is 3.44. The van der Waals surface area contributed by atoms with Gasteiger partial charge in [0.05, 0.1) is 0 Å². The van der Waals surface area contributed by atoms with Crippen molar-refractivity contribution in [3.63, 3.8) is 0 Å². The van der Waals surface area contributed by atoms with Crippen LogP contribution >= 0.6 is 0 Å². The number of nitrogens with zero attached hydrogens (tertiary/aromatic N) is 1. The maximum absolute atomic E-state index is 13.5. The first-order valence-corrected chi connectivity index (χ1v) is 8.25. The molecular weight excluding hydrogens is 301 g/mol. The zero-order valence-electron chi connectivity index (χ0n) is 13.3. The summed E-state index contributed by atoms with van der Waals surface area (Å²) in [5.74, 6) is -0.237. The lowest BCUT2D eigenvalue weighted by Crippen LogP contribution is -2.32. The molecule has 0 N–H and O–H groups in total. The Kier molecular flexibility index (Phi) is 3.77. The predicted molar refractivity (Wildman–Crippen MR) is 93.2 cm³/mol. The molecule has 1 amide bonds. The lowest BCUT2D eigenvalue weighted by atomic mass is 10.0. The van der Waals surface area contributed by atoms with Gasteiger partial charge in [0.15, 0.2) is 0 Å². The smallest absolute Gasteiger partial charge is 0.255 e. The molecule has 2 nitrogen and oxygen atoms in total. The van der Waals surface area contributed by atoms with Crippen molar-refractivity contribution < 1.29 is 9.18 Å². The molecule has 0 atom stereocenters. The van der Waals surface area contributed by atoms with E-state index in [-0.39, 0.29) is 17.8 Å². The topological polar surface area (TPSA) is 20.3 Å². The fourth-order valence-electron chi connectivity index (χ4n) is 3.15. The molecule has 0 unspecified atom stereocenters. The molecule has 1 saturated carbocycles. The van der Waals surface area contributed by atoms with Crippen molar-refractivity contribution in [1.29, 1.82) is 0 Å². The normalized spacial score (nSPS) is 13.9. The molecule has 1 aliphatic rings. The van der Waals surface area contributed by atoms with E-state index in [0.717, 1.165) is 34.7 Å². The standard InChI is InChI=1S/C21H18FNO/c22-17-8-3-5-15(13-17)14-23(18-11-12-18)21(24)20-10-4-7-16-6-1-2-9-19(16)20/h1-10,13,18H,11-12,14H2. The van der Waals surface area contributed by atoms with Gasteiger partial charge in [0.1, 0.15) is 5.82 Å². The molecule has 1 aliphatic carbocycles. The van der Waals surface area contributed by atoms with Crippen molar-refractivity contribution in [2.75, 3.05) is 0 Å². The predicted octanol–water partition coefficient (Wildman–Crippen LogP) is 4.78. The van der Waals surface area contributed by atoms with Crippen molar-refractivity contribution in [3.8, 4) is 0 Å². The molecule has 0 bridgehead atoms. The molecule has 0 radical (unpaired) electrons. The van der Waals surface area contributed by atoms with E-state index in [4.69, 9.17) is 0 Å². The van der Waals surface area contributed by atoms with Gasteiger partial charge in [-0.3, -0.25) is 4.79 Å². The quantitative estimate of drug-likeness (QED) is 0.677. The first-order valence-electron chi connectivity index (χ1n) is 8.25. The van der Waals surface area contributed by atoms with Crippen LogP contribution in [0.2, 0.25) is 0 Å². The summed E-state index contributed by atoms with van der Waals surface area (Å²) in [4.78, 5) is 15.0. The fraction of sp³-hybridized carbons (Fsp3) is 0.190. The van der Waals surface area contributed by atoms with Gasteiger partial charge in [0.25, 0.3) is 5.91 Å². The van der Waals surface area contributed by atoms with Crippen LogP contribution in [0.25, 0.3) is 10.8 Å². The second kappa shape index (κ2) is 6.08. The number of benzene rings is 3. The molecular formula is C21H18FNO. The van der Waals surface area contributed by atoms with Crippen LogP contribution in [0.1, 0.15) is 28.8 Å². The van der Waals surface area contributed by atoms with E-state index in [9.17, 15) is 9.18 Å². The Morgan fingerprint density at radius 2 is 1.75 bits per heavy atom. The van der Waals surface area contributed by atoms with E-state index in [0.29, 0.717) is 6.54 Å². The van der Waals surface area contributed by atoms with Crippen LogP contribution in [0.15, 0.2) is 66.7 Å². The number of carbonyl (C=O) groups is 1. The van der Waals surface area contributed by atoms with Gasteiger partial charge in [-0.25, -0.2) is 4.39 Å². The molecule has 1 fully saturated rings. The molecule has 0 aliphatic heterocycles. The van der Waals surface area contributed by atoms with E-state index in [1.54, 1.807) is 6.07 Å². The summed E-state index contributed by atoms with van der Waals surface area (Å²) < 4.78 is 13.5. The number of hydrogen-bond donors (Lipinski definition) is 0. The zero-order valence-corrected chi connectivity index (χ0v) is 13.3. The Morgan fingerprint density at radius 3 is 2.54 bits per heavy atom. The molecule has 3 heteroatoms. The summed E-state index contributed by atoms with van der Waals surface area (Å²) in [6.45, 7) is 0.449. The van der Waals surface area contributed by atoms with Crippen LogP contribution < -0.4 is 0 Å². The summed E-state index contributed by atoms with van der Waals surface area (Å²) in [5.41, 5.74) is 1.55.